The highest BCUT2D eigenvalue weighted by Crippen LogP contribution is 2.44. The zero-order valence-electron chi connectivity index (χ0n) is 30.5. The minimum absolute atomic E-state index is 0.610. The lowest BCUT2D eigenvalue weighted by Crippen LogP contribution is -2.00. The molecular weight excluding hydrogens is 699 g/mol. The molecule has 0 aliphatic heterocycles. The van der Waals surface area contributed by atoms with Crippen LogP contribution >= 0.6 is 0 Å². The van der Waals surface area contributed by atoms with Crippen molar-refractivity contribution in [3.05, 3.63) is 188 Å². The van der Waals surface area contributed by atoms with Gasteiger partial charge in [0.1, 0.15) is 5.58 Å². The molecule has 0 bridgehead atoms. The molecule has 8 aromatic carbocycles. The van der Waals surface area contributed by atoms with E-state index in [1.165, 1.54) is 10.8 Å². The van der Waals surface area contributed by atoms with E-state index in [-0.39, 0.29) is 0 Å². The van der Waals surface area contributed by atoms with Crippen LogP contribution in [0.4, 0.5) is 0 Å². The topological polar surface area (TPSA) is 61.7 Å². The van der Waals surface area contributed by atoms with Crippen molar-refractivity contribution in [1.29, 1.82) is 0 Å². The molecule has 0 aliphatic rings. The Balaban J connectivity index is 1.13. The molecule has 0 spiro atoms. The second-order valence-corrected chi connectivity index (χ2v) is 14.4. The summed E-state index contributed by atoms with van der Waals surface area (Å²) in [5.74, 6) is 1.87. The molecule has 0 saturated carbocycles. The van der Waals surface area contributed by atoms with E-state index in [0.717, 1.165) is 82.8 Å². The average Bonchev–Trinajstić information content (AvgIpc) is 3.95. The van der Waals surface area contributed by atoms with Gasteiger partial charge in [0.15, 0.2) is 23.1 Å². The number of benzene rings is 8. The lowest BCUT2D eigenvalue weighted by molar-refractivity contribution is 0.670. The zero-order chi connectivity index (χ0) is 37.5. The fourth-order valence-corrected chi connectivity index (χ4v) is 8.63. The molecule has 0 atom stereocenters. The predicted molar refractivity (Wildman–Crippen MR) is 232 cm³/mol. The summed E-state index contributed by atoms with van der Waals surface area (Å²) >= 11 is 0. The number of hydrogen-bond acceptors (Lipinski definition) is 4. The minimum atomic E-state index is 0.610. The molecule has 6 heteroatoms. The van der Waals surface area contributed by atoms with Crippen LogP contribution in [0.3, 0.4) is 0 Å². The Morgan fingerprint density at radius 2 is 0.860 bits per heavy atom. The van der Waals surface area contributed by atoms with E-state index in [4.69, 9.17) is 19.4 Å². The maximum absolute atomic E-state index is 7.15. The maximum atomic E-state index is 7.15. The number of rotatable bonds is 5. The number of para-hydroxylation sites is 4. The van der Waals surface area contributed by atoms with Crippen LogP contribution < -0.4 is 0 Å². The highest BCUT2D eigenvalue weighted by molar-refractivity contribution is 6.25. The molecule has 6 nitrogen and oxygen atoms in total. The molecule has 266 valence electrons. The number of aromatic nitrogens is 5. The van der Waals surface area contributed by atoms with E-state index in [2.05, 4.69) is 137 Å². The number of nitrogens with zero attached hydrogens (tertiary/aromatic N) is 5. The first-order valence-electron chi connectivity index (χ1n) is 19.1. The molecule has 0 radical (unpaired) electrons. The Kier molecular flexibility index (Phi) is 6.83. The first kappa shape index (κ1) is 31.5. The fraction of sp³-hybridized carbons (Fsp3) is 0. The van der Waals surface area contributed by atoms with Gasteiger partial charge in [-0.3, -0.25) is 0 Å². The molecule has 4 aromatic heterocycles. The smallest absolute Gasteiger partial charge is 0.164 e. The summed E-state index contributed by atoms with van der Waals surface area (Å²) in [6, 6.07) is 65.4. The number of hydrogen-bond donors (Lipinski definition) is 0. The SMILES string of the molecule is c1ccc(-c2nc(-c3ccccc3)nc(-c3ccc4c5c6oc7c(-n8c9ccccc9c9ccccc98)cccc7c6ccc5n(-c5ccccc5)c4c3)n2)cc1. The predicted octanol–water partition coefficient (Wildman–Crippen LogP) is 13.0. The molecule has 0 fully saturated rings. The van der Waals surface area contributed by atoms with Crippen molar-refractivity contribution < 1.29 is 4.42 Å². The number of furan rings is 1. The minimum Gasteiger partial charge on any atom is -0.453 e. The molecule has 12 aromatic rings. The van der Waals surface area contributed by atoms with E-state index >= 15 is 0 Å². The van der Waals surface area contributed by atoms with Crippen molar-refractivity contribution in [3.63, 3.8) is 0 Å². The van der Waals surface area contributed by atoms with Crippen LogP contribution in [0.1, 0.15) is 0 Å². The second kappa shape index (κ2) is 12.3. The van der Waals surface area contributed by atoms with Crippen molar-refractivity contribution in [2.24, 2.45) is 0 Å². The van der Waals surface area contributed by atoms with Crippen LogP contribution in [-0.4, -0.2) is 24.1 Å². The van der Waals surface area contributed by atoms with Crippen molar-refractivity contribution in [3.8, 4) is 45.5 Å². The summed E-state index contributed by atoms with van der Waals surface area (Å²) in [5.41, 5.74) is 10.9. The fourth-order valence-electron chi connectivity index (χ4n) is 8.63. The lowest BCUT2D eigenvalue weighted by Gasteiger charge is -2.10. The Morgan fingerprint density at radius 1 is 0.333 bits per heavy atom. The lowest BCUT2D eigenvalue weighted by atomic mass is 10.1. The zero-order valence-corrected chi connectivity index (χ0v) is 30.5. The molecule has 0 aliphatic carbocycles. The van der Waals surface area contributed by atoms with Crippen molar-refractivity contribution in [2.75, 3.05) is 0 Å². The van der Waals surface area contributed by atoms with E-state index in [0.29, 0.717) is 17.5 Å². The molecule has 0 N–H and O–H groups in total. The normalized spacial score (nSPS) is 11.9. The molecule has 0 saturated heterocycles. The van der Waals surface area contributed by atoms with Crippen molar-refractivity contribution >= 4 is 65.6 Å². The molecule has 0 amide bonds. The van der Waals surface area contributed by atoms with E-state index in [1.54, 1.807) is 0 Å². The van der Waals surface area contributed by atoms with E-state index in [1.807, 2.05) is 60.7 Å². The van der Waals surface area contributed by atoms with Gasteiger partial charge in [-0.2, -0.15) is 0 Å². The van der Waals surface area contributed by atoms with Gasteiger partial charge in [-0.1, -0.05) is 140 Å². The largest absolute Gasteiger partial charge is 0.453 e. The first-order valence-corrected chi connectivity index (χ1v) is 19.1. The van der Waals surface area contributed by atoms with E-state index < -0.39 is 0 Å². The molecule has 57 heavy (non-hydrogen) atoms. The summed E-state index contributed by atoms with van der Waals surface area (Å²) in [5, 5.41) is 6.74. The van der Waals surface area contributed by atoms with Crippen LogP contribution in [0, 0.1) is 0 Å². The summed E-state index contributed by atoms with van der Waals surface area (Å²) in [6.07, 6.45) is 0. The standard InChI is InChI=1S/C51H31N5O/c1-4-15-32(16-5-1)49-52-50(33-17-6-2-7-18-33)54-51(53-49)34-27-28-40-45(31-34)55(35-19-8-3-9-20-35)43-30-29-39-38-23-14-26-44(47(38)57-48(39)46(40)43)56-41-24-12-10-21-36(41)37-22-11-13-25-42(37)56/h1-31H. The summed E-state index contributed by atoms with van der Waals surface area (Å²) in [6.45, 7) is 0. The highest BCUT2D eigenvalue weighted by Gasteiger charge is 2.23. The van der Waals surface area contributed by atoms with Crippen molar-refractivity contribution in [1.82, 2.24) is 24.1 Å². The Hall–Kier alpha value is -7.83. The third kappa shape index (κ3) is 4.81. The molecule has 4 heterocycles. The monoisotopic (exact) mass is 729 g/mol. The molecule has 12 rings (SSSR count). The van der Waals surface area contributed by atoms with Gasteiger partial charge in [-0.15, -0.1) is 0 Å². The Bertz CT molecular complexity index is 3400. The third-order valence-corrected chi connectivity index (χ3v) is 11.2. The average molecular weight is 730 g/mol. The van der Waals surface area contributed by atoms with Crippen LogP contribution in [-0.2, 0) is 0 Å². The van der Waals surface area contributed by atoms with Gasteiger partial charge in [-0.25, -0.2) is 15.0 Å². The molecular formula is C51H31N5O. The summed E-state index contributed by atoms with van der Waals surface area (Å²) in [4.78, 5) is 15.1. The van der Waals surface area contributed by atoms with Gasteiger partial charge in [0.05, 0.1) is 33.1 Å². The quantitative estimate of drug-likeness (QED) is 0.177. The second-order valence-electron chi connectivity index (χ2n) is 14.4. The molecule has 0 unspecified atom stereocenters. The first-order chi connectivity index (χ1) is 28.3. The highest BCUT2D eigenvalue weighted by atomic mass is 16.3. The van der Waals surface area contributed by atoms with Crippen LogP contribution in [0.5, 0.6) is 0 Å². The summed E-state index contributed by atoms with van der Waals surface area (Å²) in [7, 11) is 0. The van der Waals surface area contributed by atoms with Crippen LogP contribution in [0.2, 0.25) is 0 Å². The summed E-state index contributed by atoms with van der Waals surface area (Å²) < 4.78 is 11.8. The van der Waals surface area contributed by atoms with Gasteiger partial charge >= 0.3 is 0 Å². The Labute approximate surface area is 326 Å². The maximum Gasteiger partial charge on any atom is 0.164 e. The van der Waals surface area contributed by atoms with E-state index in [9.17, 15) is 0 Å². The van der Waals surface area contributed by atoms with Gasteiger partial charge in [0, 0.05) is 49.3 Å². The third-order valence-electron chi connectivity index (χ3n) is 11.2. The van der Waals surface area contributed by atoms with Crippen molar-refractivity contribution in [2.45, 2.75) is 0 Å². The number of fused-ring (bicyclic) bond motifs is 10. The van der Waals surface area contributed by atoms with Crippen LogP contribution in [0.15, 0.2) is 192 Å². The Morgan fingerprint density at radius 3 is 1.51 bits per heavy atom. The van der Waals surface area contributed by atoms with Crippen LogP contribution in [0.25, 0.3) is 111 Å². The van der Waals surface area contributed by atoms with Gasteiger partial charge < -0.3 is 13.6 Å². The van der Waals surface area contributed by atoms with Gasteiger partial charge in [-0.05, 0) is 48.5 Å². The van der Waals surface area contributed by atoms with Gasteiger partial charge in [0.25, 0.3) is 0 Å². The van der Waals surface area contributed by atoms with Gasteiger partial charge in [0.2, 0.25) is 0 Å².